The first kappa shape index (κ1) is 10.7. The van der Waals surface area contributed by atoms with Crippen LogP contribution in [0.3, 0.4) is 0 Å². The molecule has 0 bridgehead atoms. The van der Waals surface area contributed by atoms with Crippen molar-refractivity contribution >= 4 is 15.9 Å². The third-order valence-corrected chi connectivity index (χ3v) is 4.70. The molecule has 2 aliphatic rings. The zero-order chi connectivity index (χ0) is 11.2. The minimum atomic E-state index is -1.11. The molecule has 0 aromatic heterocycles. The Morgan fingerprint density at radius 3 is 2.44 bits per heavy atom. The summed E-state index contributed by atoms with van der Waals surface area (Å²) >= 11 is 3.47. The van der Waals surface area contributed by atoms with E-state index in [-0.39, 0.29) is 0 Å². The largest absolute Gasteiger partial charge is 0.316 e. The van der Waals surface area contributed by atoms with Crippen LogP contribution in [0.25, 0.3) is 0 Å². The molecule has 2 unspecified atom stereocenters. The Morgan fingerprint density at radius 1 is 1.19 bits per heavy atom. The minimum absolute atomic E-state index is 0.525. The molecule has 0 spiro atoms. The second-order valence-electron chi connectivity index (χ2n) is 5.03. The van der Waals surface area contributed by atoms with Gasteiger partial charge < -0.3 is 5.32 Å². The van der Waals surface area contributed by atoms with Crippen LogP contribution < -0.4 is 5.32 Å². The van der Waals surface area contributed by atoms with Crippen LogP contribution in [0.4, 0.5) is 4.39 Å². The molecule has 1 aliphatic heterocycles. The second-order valence-corrected chi connectivity index (χ2v) is 5.89. The molecule has 1 saturated carbocycles. The van der Waals surface area contributed by atoms with E-state index < -0.39 is 5.67 Å². The normalized spacial score (nSPS) is 37.6. The lowest BCUT2D eigenvalue weighted by Crippen LogP contribution is -2.21. The fourth-order valence-corrected chi connectivity index (χ4v) is 3.86. The van der Waals surface area contributed by atoms with Crippen LogP contribution in [0.1, 0.15) is 18.4 Å². The molecule has 1 saturated heterocycles. The van der Waals surface area contributed by atoms with Crippen LogP contribution in [-0.2, 0) is 5.67 Å². The predicted octanol–water partition coefficient (Wildman–Crippen LogP) is 3.24. The van der Waals surface area contributed by atoms with Crippen molar-refractivity contribution in [2.75, 3.05) is 13.1 Å². The van der Waals surface area contributed by atoms with Crippen molar-refractivity contribution in [3.8, 4) is 0 Å². The van der Waals surface area contributed by atoms with Crippen LogP contribution in [0, 0.1) is 11.8 Å². The molecule has 2 atom stereocenters. The topological polar surface area (TPSA) is 12.0 Å². The fourth-order valence-electron chi connectivity index (χ4n) is 3.22. The lowest BCUT2D eigenvalue weighted by molar-refractivity contribution is 0.160. The Balaban J connectivity index is 1.93. The van der Waals surface area contributed by atoms with Gasteiger partial charge in [-0.2, -0.15) is 0 Å². The van der Waals surface area contributed by atoms with Gasteiger partial charge >= 0.3 is 0 Å². The van der Waals surface area contributed by atoms with Crippen LogP contribution in [0.5, 0.6) is 0 Å². The van der Waals surface area contributed by atoms with Gasteiger partial charge in [0.15, 0.2) is 0 Å². The van der Waals surface area contributed by atoms with Crippen LogP contribution >= 0.6 is 15.9 Å². The van der Waals surface area contributed by atoms with E-state index in [9.17, 15) is 4.39 Å². The van der Waals surface area contributed by atoms with Gasteiger partial charge in [-0.05, 0) is 43.8 Å². The highest BCUT2D eigenvalue weighted by Gasteiger charge is 2.49. The highest BCUT2D eigenvalue weighted by molar-refractivity contribution is 9.10. The lowest BCUT2D eigenvalue weighted by Gasteiger charge is -2.22. The SMILES string of the molecule is FC1(c2ccccc2Br)CC2CNCC2C1. The highest BCUT2D eigenvalue weighted by atomic mass is 79.9. The molecule has 0 amide bonds. The lowest BCUT2D eigenvalue weighted by atomic mass is 9.92. The first-order chi connectivity index (χ1) is 7.69. The first-order valence-corrected chi connectivity index (χ1v) is 6.63. The van der Waals surface area contributed by atoms with Crippen molar-refractivity contribution in [3.63, 3.8) is 0 Å². The van der Waals surface area contributed by atoms with E-state index in [2.05, 4.69) is 21.2 Å². The first-order valence-electron chi connectivity index (χ1n) is 5.84. The molecule has 1 aromatic rings. The van der Waals surface area contributed by atoms with Gasteiger partial charge in [-0.1, -0.05) is 34.1 Å². The van der Waals surface area contributed by atoms with Gasteiger partial charge in [-0.3, -0.25) is 0 Å². The number of halogens is 2. The van der Waals surface area contributed by atoms with Gasteiger partial charge in [0.2, 0.25) is 0 Å². The molecule has 16 heavy (non-hydrogen) atoms. The Bertz CT molecular complexity index is 395. The van der Waals surface area contributed by atoms with Gasteiger partial charge in [0.05, 0.1) is 0 Å². The Hall–Kier alpha value is -0.410. The van der Waals surface area contributed by atoms with Gasteiger partial charge in [0.25, 0.3) is 0 Å². The predicted molar refractivity (Wildman–Crippen MR) is 66.0 cm³/mol. The summed E-state index contributed by atoms with van der Waals surface area (Å²) in [6.45, 7) is 1.97. The average molecular weight is 284 g/mol. The van der Waals surface area contributed by atoms with Crippen molar-refractivity contribution in [1.29, 1.82) is 0 Å². The zero-order valence-electron chi connectivity index (χ0n) is 9.05. The molecule has 1 aromatic carbocycles. The molecule has 3 rings (SSSR count). The summed E-state index contributed by atoms with van der Waals surface area (Å²) in [5.41, 5.74) is -0.276. The standard InChI is InChI=1S/C13H15BrFN/c14-12-4-2-1-3-11(12)13(15)5-9-7-16-8-10(9)6-13/h1-4,9-10,16H,5-8H2. The van der Waals surface area contributed by atoms with E-state index >= 15 is 0 Å². The number of hydrogen-bond donors (Lipinski definition) is 1. The molecule has 1 aliphatic carbocycles. The Kier molecular flexibility index (Phi) is 2.55. The molecule has 1 nitrogen and oxygen atoms in total. The number of hydrogen-bond acceptors (Lipinski definition) is 1. The smallest absolute Gasteiger partial charge is 0.137 e. The van der Waals surface area contributed by atoms with Crippen LogP contribution in [0.15, 0.2) is 28.7 Å². The summed E-state index contributed by atoms with van der Waals surface area (Å²) < 4.78 is 15.9. The highest BCUT2D eigenvalue weighted by Crippen LogP contribution is 2.51. The van der Waals surface area contributed by atoms with Crippen molar-refractivity contribution < 1.29 is 4.39 Å². The maximum atomic E-state index is 15.0. The number of nitrogens with one attached hydrogen (secondary N) is 1. The summed E-state index contributed by atoms with van der Waals surface area (Å²) in [6.07, 6.45) is 1.35. The van der Waals surface area contributed by atoms with Crippen molar-refractivity contribution in [1.82, 2.24) is 5.32 Å². The zero-order valence-corrected chi connectivity index (χ0v) is 10.6. The number of rotatable bonds is 1. The van der Waals surface area contributed by atoms with Crippen molar-refractivity contribution in [2.24, 2.45) is 11.8 Å². The summed E-state index contributed by atoms with van der Waals surface area (Å²) in [7, 11) is 0. The molecule has 1 heterocycles. The monoisotopic (exact) mass is 283 g/mol. The van der Waals surface area contributed by atoms with E-state index in [1.165, 1.54) is 0 Å². The third kappa shape index (κ3) is 1.61. The van der Waals surface area contributed by atoms with Crippen LogP contribution in [-0.4, -0.2) is 13.1 Å². The number of benzene rings is 1. The molecule has 2 fully saturated rings. The molecule has 3 heteroatoms. The van der Waals surface area contributed by atoms with Crippen molar-refractivity contribution in [3.05, 3.63) is 34.3 Å². The third-order valence-electron chi connectivity index (χ3n) is 4.01. The van der Waals surface area contributed by atoms with Gasteiger partial charge in [0, 0.05) is 10.0 Å². The minimum Gasteiger partial charge on any atom is -0.316 e. The summed E-state index contributed by atoms with van der Waals surface area (Å²) in [5.74, 6) is 1.05. The fraction of sp³-hybridized carbons (Fsp3) is 0.538. The van der Waals surface area contributed by atoms with Gasteiger partial charge in [0.1, 0.15) is 5.67 Å². The average Bonchev–Trinajstić information content (AvgIpc) is 2.76. The summed E-state index contributed by atoms with van der Waals surface area (Å²) in [4.78, 5) is 0. The van der Waals surface area contributed by atoms with E-state index in [0.717, 1.165) is 23.1 Å². The maximum Gasteiger partial charge on any atom is 0.137 e. The van der Waals surface area contributed by atoms with Gasteiger partial charge in [-0.15, -0.1) is 0 Å². The van der Waals surface area contributed by atoms with Crippen LogP contribution in [0.2, 0.25) is 0 Å². The van der Waals surface area contributed by atoms with E-state index in [4.69, 9.17) is 0 Å². The molecule has 0 radical (unpaired) electrons. The molecule has 1 N–H and O–H groups in total. The summed E-state index contributed by atoms with van der Waals surface area (Å²) in [5, 5.41) is 3.35. The number of fused-ring (bicyclic) bond motifs is 1. The molecular weight excluding hydrogens is 269 g/mol. The quantitative estimate of drug-likeness (QED) is 0.834. The maximum absolute atomic E-state index is 15.0. The molecule has 86 valence electrons. The Labute approximate surface area is 104 Å². The summed E-state index contributed by atoms with van der Waals surface area (Å²) in [6, 6.07) is 7.71. The van der Waals surface area contributed by atoms with Gasteiger partial charge in [-0.25, -0.2) is 4.39 Å². The van der Waals surface area contributed by atoms with E-state index in [0.29, 0.717) is 24.7 Å². The van der Waals surface area contributed by atoms with E-state index in [1.807, 2.05) is 24.3 Å². The van der Waals surface area contributed by atoms with Crippen molar-refractivity contribution in [2.45, 2.75) is 18.5 Å². The Morgan fingerprint density at radius 2 is 1.81 bits per heavy atom. The molecular formula is C13H15BrFN. The van der Waals surface area contributed by atoms with E-state index in [1.54, 1.807) is 0 Å². The second kappa shape index (κ2) is 3.81. The number of alkyl halides is 1.